The van der Waals surface area contributed by atoms with Crippen LogP contribution in [0.25, 0.3) is 0 Å². The Hall–Kier alpha value is -2.24. The molecule has 1 amide bonds. The third-order valence-corrected chi connectivity index (χ3v) is 3.02. The summed E-state index contributed by atoms with van der Waals surface area (Å²) in [6.07, 6.45) is 0.587. The molecule has 0 saturated carbocycles. The van der Waals surface area contributed by atoms with Crippen LogP contribution in [0.5, 0.6) is 11.5 Å². The highest BCUT2D eigenvalue weighted by Crippen LogP contribution is 2.28. The predicted octanol–water partition coefficient (Wildman–Crippen LogP) is 1.33. The molecule has 1 aromatic carbocycles. The lowest BCUT2D eigenvalue weighted by Gasteiger charge is -2.20. The molecule has 0 aliphatic heterocycles. The van der Waals surface area contributed by atoms with Gasteiger partial charge in [0.05, 0.1) is 5.56 Å². The van der Waals surface area contributed by atoms with Crippen molar-refractivity contribution in [2.75, 3.05) is 0 Å². The van der Waals surface area contributed by atoms with E-state index in [9.17, 15) is 19.8 Å². The zero-order valence-electron chi connectivity index (χ0n) is 10.8. The second-order valence-electron chi connectivity index (χ2n) is 4.35. The van der Waals surface area contributed by atoms with Gasteiger partial charge in [-0.25, -0.2) is 4.79 Å². The van der Waals surface area contributed by atoms with Crippen molar-refractivity contribution in [3.8, 4) is 11.5 Å². The Kier molecular flexibility index (Phi) is 4.74. The topological polar surface area (TPSA) is 107 Å². The second kappa shape index (κ2) is 6.08. The summed E-state index contributed by atoms with van der Waals surface area (Å²) in [6.45, 7) is 3.53. The molecule has 0 spiro atoms. The number of carboxylic acid groups (broad SMARTS) is 1. The Morgan fingerprint density at radius 2 is 1.95 bits per heavy atom. The number of aliphatic carboxylic acids is 1. The monoisotopic (exact) mass is 267 g/mol. The van der Waals surface area contributed by atoms with Crippen LogP contribution in [0, 0.1) is 5.92 Å². The molecule has 0 unspecified atom stereocenters. The minimum Gasteiger partial charge on any atom is -0.504 e. The van der Waals surface area contributed by atoms with Crippen LogP contribution in [0.3, 0.4) is 0 Å². The number of rotatable bonds is 5. The van der Waals surface area contributed by atoms with Crippen LogP contribution in [0.15, 0.2) is 18.2 Å². The highest BCUT2D eigenvalue weighted by molar-refractivity contribution is 5.99. The SMILES string of the molecule is CC[C@H](C)[C@H](NC(=O)c1cccc(O)c1O)C(=O)O. The van der Waals surface area contributed by atoms with Gasteiger partial charge in [0, 0.05) is 0 Å². The number of hydrogen-bond acceptors (Lipinski definition) is 4. The third-order valence-electron chi connectivity index (χ3n) is 3.02. The second-order valence-corrected chi connectivity index (χ2v) is 4.35. The van der Waals surface area contributed by atoms with Crippen LogP contribution < -0.4 is 5.32 Å². The summed E-state index contributed by atoms with van der Waals surface area (Å²) < 4.78 is 0. The molecule has 19 heavy (non-hydrogen) atoms. The molecule has 1 aromatic rings. The summed E-state index contributed by atoms with van der Waals surface area (Å²) in [5.41, 5.74) is -0.158. The average Bonchev–Trinajstić information content (AvgIpc) is 2.37. The van der Waals surface area contributed by atoms with Gasteiger partial charge in [0.2, 0.25) is 0 Å². The molecule has 0 fully saturated rings. The number of nitrogens with one attached hydrogen (secondary N) is 1. The van der Waals surface area contributed by atoms with E-state index >= 15 is 0 Å². The molecule has 0 aliphatic carbocycles. The molecule has 4 N–H and O–H groups in total. The number of para-hydroxylation sites is 1. The summed E-state index contributed by atoms with van der Waals surface area (Å²) in [7, 11) is 0. The van der Waals surface area contributed by atoms with E-state index in [1.54, 1.807) is 6.92 Å². The molecule has 6 nitrogen and oxygen atoms in total. The van der Waals surface area contributed by atoms with E-state index in [4.69, 9.17) is 5.11 Å². The Morgan fingerprint density at radius 3 is 2.47 bits per heavy atom. The Morgan fingerprint density at radius 1 is 1.32 bits per heavy atom. The lowest BCUT2D eigenvalue weighted by molar-refractivity contribution is -0.140. The van der Waals surface area contributed by atoms with Crippen LogP contribution in [-0.2, 0) is 4.79 Å². The molecule has 0 aliphatic rings. The summed E-state index contributed by atoms with van der Waals surface area (Å²) in [6, 6.07) is 2.89. The summed E-state index contributed by atoms with van der Waals surface area (Å²) >= 11 is 0. The van der Waals surface area contributed by atoms with Crippen molar-refractivity contribution >= 4 is 11.9 Å². The van der Waals surface area contributed by atoms with Crippen LogP contribution >= 0.6 is 0 Å². The Labute approximate surface area is 110 Å². The fourth-order valence-corrected chi connectivity index (χ4v) is 1.62. The molecule has 0 saturated heterocycles. The van der Waals surface area contributed by atoms with E-state index in [2.05, 4.69) is 5.32 Å². The predicted molar refractivity (Wildman–Crippen MR) is 68.1 cm³/mol. The molecule has 0 radical (unpaired) electrons. The van der Waals surface area contributed by atoms with Crippen molar-refractivity contribution in [1.29, 1.82) is 0 Å². The average molecular weight is 267 g/mol. The largest absolute Gasteiger partial charge is 0.504 e. The number of carbonyl (C=O) groups is 2. The molecular weight excluding hydrogens is 250 g/mol. The van der Waals surface area contributed by atoms with Gasteiger partial charge in [-0.2, -0.15) is 0 Å². The molecule has 2 atom stereocenters. The van der Waals surface area contributed by atoms with Gasteiger partial charge in [-0.05, 0) is 18.1 Å². The number of hydrogen-bond donors (Lipinski definition) is 4. The van der Waals surface area contributed by atoms with Gasteiger partial charge in [0.25, 0.3) is 5.91 Å². The minimum absolute atomic E-state index is 0.158. The number of benzene rings is 1. The van der Waals surface area contributed by atoms with Crippen LogP contribution in [-0.4, -0.2) is 33.2 Å². The van der Waals surface area contributed by atoms with E-state index in [1.807, 2.05) is 6.92 Å². The van der Waals surface area contributed by atoms with Crippen molar-refractivity contribution in [2.45, 2.75) is 26.3 Å². The zero-order valence-corrected chi connectivity index (χ0v) is 10.8. The molecule has 6 heteroatoms. The number of amides is 1. The quantitative estimate of drug-likeness (QED) is 0.602. The van der Waals surface area contributed by atoms with E-state index in [0.29, 0.717) is 6.42 Å². The van der Waals surface area contributed by atoms with Gasteiger partial charge in [-0.1, -0.05) is 26.3 Å². The van der Waals surface area contributed by atoms with Gasteiger partial charge in [-0.15, -0.1) is 0 Å². The maximum absolute atomic E-state index is 11.9. The standard InChI is InChI=1S/C13H17NO5/c1-3-7(2)10(13(18)19)14-12(17)8-5-4-6-9(15)11(8)16/h4-7,10,15-16H,3H2,1-2H3,(H,14,17)(H,18,19)/t7-,10-/m0/s1. The van der Waals surface area contributed by atoms with Crippen LogP contribution in [0.4, 0.5) is 0 Å². The fraction of sp³-hybridized carbons (Fsp3) is 0.385. The normalized spacial score (nSPS) is 13.6. The van der Waals surface area contributed by atoms with Crippen LogP contribution in [0.1, 0.15) is 30.6 Å². The number of phenolic OH excluding ortho intramolecular Hbond substituents is 2. The molecule has 0 aromatic heterocycles. The van der Waals surface area contributed by atoms with Gasteiger partial charge in [0.15, 0.2) is 11.5 Å². The highest BCUT2D eigenvalue weighted by Gasteiger charge is 2.26. The first-order valence-corrected chi connectivity index (χ1v) is 5.93. The van der Waals surface area contributed by atoms with Gasteiger partial charge in [-0.3, -0.25) is 4.79 Å². The van der Waals surface area contributed by atoms with Crippen molar-refractivity contribution < 1.29 is 24.9 Å². The smallest absolute Gasteiger partial charge is 0.326 e. The number of phenols is 2. The number of carbonyl (C=O) groups excluding carboxylic acids is 1. The first-order valence-electron chi connectivity index (χ1n) is 5.93. The van der Waals surface area contributed by atoms with Crippen molar-refractivity contribution in [1.82, 2.24) is 5.32 Å². The summed E-state index contributed by atoms with van der Waals surface area (Å²) in [5, 5.41) is 30.3. The lowest BCUT2D eigenvalue weighted by Crippen LogP contribution is -2.45. The zero-order chi connectivity index (χ0) is 14.6. The Balaban J connectivity index is 2.94. The van der Waals surface area contributed by atoms with Gasteiger partial charge in [0.1, 0.15) is 6.04 Å². The maximum Gasteiger partial charge on any atom is 0.326 e. The number of carboxylic acids is 1. The Bertz CT molecular complexity index is 486. The summed E-state index contributed by atoms with van der Waals surface area (Å²) in [5.74, 6) is -3.11. The minimum atomic E-state index is -1.14. The van der Waals surface area contributed by atoms with Crippen molar-refractivity contribution in [3.05, 3.63) is 23.8 Å². The highest BCUT2D eigenvalue weighted by atomic mass is 16.4. The number of aromatic hydroxyl groups is 2. The first kappa shape index (κ1) is 14.8. The van der Waals surface area contributed by atoms with Crippen molar-refractivity contribution in [3.63, 3.8) is 0 Å². The molecule has 0 bridgehead atoms. The summed E-state index contributed by atoms with van der Waals surface area (Å²) in [4.78, 5) is 23.0. The molecule has 1 rings (SSSR count). The fourth-order valence-electron chi connectivity index (χ4n) is 1.62. The lowest BCUT2D eigenvalue weighted by atomic mass is 9.99. The molecule has 104 valence electrons. The molecular formula is C13H17NO5. The van der Waals surface area contributed by atoms with Gasteiger partial charge < -0.3 is 20.6 Å². The van der Waals surface area contributed by atoms with E-state index in [1.165, 1.54) is 18.2 Å². The third kappa shape index (κ3) is 3.37. The molecule has 0 heterocycles. The van der Waals surface area contributed by atoms with Gasteiger partial charge >= 0.3 is 5.97 Å². The first-order chi connectivity index (χ1) is 8.88. The van der Waals surface area contributed by atoms with E-state index in [-0.39, 0.29) is 11.5 Å². The van der Waals surface area contributed by atoms with E-state index in [0.717, 1.165) is 0 Å². The van der Waals surface area contributed by atoms with Crippen LogP contribution in [0.2, 0.25) is 0 Å². The van der Waals surface area contributed by atoms with Crippen molar-refractivity contribution in [2.24, 2.45) is 5.92 Å². The maximum atomic E-state index is 11.9. The van der Waals surface area contributed by atoms with E-state index < -0.39 is 29.4 Å².